The minimum atomic E-state index is 0.0439. The minimum absolute atomic E-state index is 0.0439. The van der Waals surface area contributed by atoms with E-state index in [1.54, 1.807) is 12.1 Å². The number of benzene rings is 2. The molecule has 0 aliphatic carbocycles. The second-order valence-corrected chi connectivity index (χ2v) is 6.30. The number of rotatable bonds is 4. The van der Waals surface area contributed by atoms with Crippen molar-refractivity contribution in [2.24, 2.45) is 0 Å². The molecule has 1 saturated heterocycles. The van der Waals surface area contributed by atoms with Gasteiger partial charge in [-0.2, -0.15) is 0 Å². The van der Waals surface area contributed by atoms with Gasteiger partial charge in [0, 0.05) is 13.1 Å². The second kappa shape index (κ2) is 7.39. The van der Waals surface area contributed by atoms with Crippen molar-refractivity contribution < 1.29 is 14.6 Å². The van der Waals surface area contributed by atoms with Gasteiger partial charge in [-0.05, 0) is 55.0 Å². The van der Waals surface area contributed by atoms with E-state index >= 15 is 0 Å². The summed E-state index contributed by atoms with van der Waals surface area (Å²) in [6.45, 7) is 3.57. The lowest BCUT2D eigenvalue weighted by Gasteiger charge is -2.32. The summed E-state index contributed by atoms with van der Waals surface area (Å²) in [5.74, 6) is 1.55. The van der Waals surface area contributed by atoms with Crippen molar-refractivity contribution in [3.8, 4) is 11.5 Å². The lowest BCUT2D eigenvalue weighted by atomic mass is 9.89. The van der Waals surface area contributed by atoms with Crippen molar-refractivity contribution in [2.75, 3.05) is 19.7 Å². The monoisotopic (exact) mass is 325 g/mol. The van der Waals surface area contributed by atoms with E-state index < -0.39 is 0 Å². The first kappa shape index (κ1) is 16.4. The predicted octanol–water partition coefficient (Wildman–Crippen LogP) is 3.49. The third kappa shape index (κ3) is 3.88. The number of hydrogen-bond acceptors (Lipinski definition) is 3. The first-order valence-corrected chi connectivity index (χ1v) is 8.38. The van der Waals surface area contributed by atoms with E-state index in [0.29, 0.717) is 11.7 Å². The van der Waals surface area contributed by atoms with Gasteiger partial charge in [0.1, 0.15) is 11.5 Å². The van der Waals surface area contributed by atoms with Gasteiger partial charge in [0.2, 0.25) is 0 Å². The number of carbonyl (C=O) groups excluding carboxylic acids is 1. The molecule has 4 nitrogen and oxygen atoms in total. The third-order valence-electron chi connectivity index (χ3n) is 4.66. The van der Waals surface area contributed by atoms with Crippen LogP contribution in [0.25, 0.3) is 0 Å². The Morgan fingerprint density at radius 2 is 1.79 bits per heavy atom. The summed E-state index contributed by atoms with van der Waals surface area (Å²) in [4.78, 5) is 14.2. The topological polar surface area (TPSA) is 49.8 Å². The number of ether oxygens (including phenoxy) is 1. The van der Waals surface area contributed by atoms with Crippen molar-refractivity contribution in [2.45, 2.75) is 25.7 Å². The van der Waals surface area contributed by atoms with Crippen LogP contribution in [0.3, 0.4) is 0 Å². The predicted molar refractivity (Wildman–Crippen MR) is 93.3 cm³/mol. The molecular formula is C20H23NO3. The normalized spacial score (nSPS) is 15.3. The zero-order valence-corrected chi connectivity index (χ0v) is 13.9. The highest BCUT2D eigenvalue weighted by Gasteiger charge is 2.24. The van der Waals surface area contributed by atoms with Crippen LogP contribution >= 0.6 is 0 Å². The van der Waals surface area contributed by atoms with E-state index in [0.717, 1.165) is 37.2 Å². The summed E-state index contributed by atoms with van der Waals surface area (Å²) in [5.41, 5.74) is 2.27. The van der Waals surface area contributed by atoms with Crippen molar-refractivity contribution in [3.05, 3.63) is 59.7 Å². The van der Waals surface area contributed by atoms with Gasteiger partial charge in [0.05, 0.1) is 0 Å². The van der Waals surface area contributed by atoms with Crippen LogP contribution < -0.4 is 4.74 Å². The Hall–Kier alpha value is -2.49. The van der Waals surface area contributed by atoms with Crippen LogP contribution in [-0.2, 0) is 4.79 Å². The van der Waals surface area contributed by atoms with Crippen LogP contribution in [0.1, 0.15) is 29.9 Å². The molecule has 1 N–H and O–H groups in total. The molecule has 0 spiro atoms. The Morgan fingerprint density at radius 3 is 2.46 bits per heavy atom. The standard InChI is InChI=1S/C20H23NO3/c1-15-4-2-3-5-19(15)24-14-20(23)21-12-10-17(11-13-21)16-6-8-18(22)9-7-16/h2-9,17,22H,10-14H2,1H3. The summed E-state index contributed by atoms with van der Waals surface area (Å²) >= 11 is 0. The van der Waals surface area contributed by atoms with Crippen LogP contribution in [0, 0.1) is 6.92 Å². The number of likely N-dealkylation sites (tertiary alicyclic amines) is 1. The van der Waals surface area contributed by atoms with Crippen LogP contribution in [0.15, 0.2) is 48.5 Å². The van der Waals surface area contributed by atoms with Crippen molar-refractivity contribution >= 4 is 5.91 Å². The van der Waals surface area contributed by atoms with Gasteiger partial charge in [-0.25, -0.2) is 0 Å². The zero-order chi connectivity index (χ0) is 16.9. The Labute approximate surface area is 142 Å². The fraction of sp³-hybridized carbons (Fsp3) is 0.350. The number of aromatic hydroxyl groups is 1. The van der Waals surface area contributed by atoms with E-state index in [1.807, 2.05) is 48.2 Å². The molecule has 2 aromatic rings. The van der Waals surface area contributed by atoms with Crippen molar-refractivity contribution in [3.63, 3.8) is 0 Å². The fourth-order valence-corrected chi connectivity index (χ4v) is 3.16. The van der Waals surface area contributed by atoms with Crippen molar-refractivity contribution in [1.82, 2.24) is 4.90 Å². The van der Waals surface area contributed by atoms with Crippen molar-refractivity contribution in [1.29, 1.82) is 0 Å². The molecule has 126 valence electrons. The summed E-state index contributed by atoms with van der Waals surface area (Å²) in [6, 6.07) is 15.1. The maximum Gasteiger partial charge on any atom is 0.260 e. The van der Waals surface area contributed by atoms with Gasteiger partial charge in [0.25, 0.3) is 5.91 Å². The number of phenols is 1. The molecule has 0 atom stereocenters. The average Bonchev–Trinajstić information content (AvgIpc) is 2.62. The molecule has 1 fully saturated rings. The first-order valence-electron chi connectivity index (χ1n) is 8.38. The Bertz CT molecular complexity index is 688. The molecule has 2 aromatic carbocycles. The quantitative estimate of drug-likeness (QED) is 0.936. The molecule has 3 rings (SSSR count). The van der Waals surface area contributed by atoms with Gasteiger partial charge >= 0.3 is 0 Å². The first-order chi connectivity index (χ1) is 11.6. The lowest BCUT2D eigenvalue weighted by Crippen LogP contribution is -2.40. The number of piperidine rings is 1. The lowest BCUT2D eigenvalue weighted by molar-refractivity contribution is -0.134. The minimum Gasteiger partial charge on any atom is -0.508 e. The maximum absolute atomic E-state index is 12.3. The number of para-hydroxylation sites is 1. The van der Waals surface area contributed by atoms with Crippen LogP contribution in [0.5, 0.6) is 11.5 Å². The number of aryl methyl sites for hydroxylation is 1. The maximum atomic E-state index is 12.3. The van der Waals surface area contributed by atoms with Gasteiger partial charge in [-0.3, -0.25) is 4.79 Å². The number of carbonyl (C=O) groups is 1. The molecule has 0 aromatic heterocycles. The smallest absolute Gasteiger partial charge is 0.260 e. The van der Waals surface area contributed by atoms with E-state index in [2.05, 4.69) is 0 Å². The molecule has 1 aliphatic heterocycles. The van der Waals surface area contributed by atoms with Gasteiger partial charge in [-0.15, -0.1) is 0 Å². The van der Waals surface area contributed by atoms with Crippen LogP contribution in [0.4, 0.5) is 0 Å². The van der Waals surface area contributed by atoms with E-state index in [9.17, 15) is 9.90 Å². The number of hydrogen-bond donors (Lipinski definition) is 1. The molecule has 4 heteroatoms. The molecule has 0 bridgehead atoms. The molecule has 1 aliphatic rings. The van der Waals surface area contributed by atoms with Gasteiger partial charge < -0.3 is 14.7 Å². The second-order valence-electron chi connectivity index (χ2n) is 6.30. The molecular weight excluding hydrogens is 302 g/mol. The van der Waals surface area contributed by atoms with E-state index in [-0.39, 0.29) is 12.5 Å². The summed E-state index contributed by atoms with van der Waals surface area (Å²) in [7, 11) is 0. The number of phenolic OH excluding ortho intramolecular Hbond substituents is 1. The SMILES string of the molecule is Cc1ccccc1OCC(=O)N1CCC(c2ccc(O)cc2)CC1. The molecule has 0 saturated carbocycles. The van der Waals surface area contributed by atoms with Crippen LogP contribution in [0.2, 0.25) is 0 Å². The third-order valence-corrected chi connectivity index (χ3v) is 4.66. The summed E-state index contributed by atoms with van der Waals surface area (Å²) in [5, 5.41) is 9.38. The summed E-state index contributed by atoms with van der Waals surface area (Å²) in [6.07, 6.45) is 1.89. The fourth-order valence-electron chi connectivity index (χ4n) is 3.16. The Morgan fingerprint density at radius 1 is 1.12 bits per heavy atom. The van der Waals surface area contributed by atoms with Crippen LogP contribution in [-0.4, -0.2) is 35.6 Å². The zero-order valence-electron chi connectivity index (χ0n) is 13.9. The Kier molecular flexibility index (Phi) is 5.04. The average molecular weight is 325 g/mol. The molecule has 0 unspecified atom stereocenters. The van der Waals surface area contributed by atoms with Gasteiger partial charge in [0.15, 0.2) is 6.61 Å². The molecule has 0 radical (unpaired) electrons. The highest BCUT2D eigenvalue weighted by molar-refractivity contribution is 5.78. The largest absolute Gasteiger partial charge is 0.508 e. The van der Waals surface area contributed by atoms with E-state index in [4.69, 9.17) is 4.74 Å². The molecule has 24 heavy (non-hydrogen) atoms. The number of amides is 1. The highest BCUT2D eigenvalue weighted by Crippen LogP contribution is 2.29. The van der Waals surface area contributed by atoms with Gasteiger partial charge in [-0.1, -0.05) is 30.3 Å². The molecule has 1 amide bonds. The molecule has 1 heterocycles. The highest BCUT2D eigenvalue weighted by atomic mass is 16.5. The Balaban J connectivity index is 1.50. The number of nitrogens with zero attached hydrogens (tertiary/aromatic N) is 1. The summed E-state index contributed by atoms with van der Waals surface area (Å²) < 4.78 is 5.66. The van der Waals surface area contributed by atoms with E-state index in [1.165, 1.54) is 5.56 Å².